The molecular formula is C28H40N4O3U. The summed E-state index contributed by atoms with van der Waals surface area (Å²) in [5.41, 5.74) is 2.75. The predicted octanol–water partition coefficient (Wildman–Crippen LogP) is 4.08. The average Bonchev–Trinajstić information content (AvgIpc) is 3.13. The quantitative estimate of drug-likeness (QED) is 0.443. The molecule has 1 aromatic carbocycles. The van der Waals surface area contributed by atoms with Crippen LogP contribution in [0, 0.1) is 45.0 Å². The Balaban J connectivity index is 0.00000304. The van der Waals surface area contributed by atoms with E-state index in [0.717, 1.165) is 58.2 Å². The van der Waals surface area contributed by atoms with Crippen molar-refractivity contribution in [2.24, 2.45) is 0 Å². The molecule has 4 heterocycles. The summed E-state index contributed by atoms with van der Waals surface area (Å²) in [7, 11) is 3.68. The second-order valence-corrected chi connectivity index (χ2v) is 11.2. The summed E-state index contributed by atoms with van der Waals surface area (Å²) < 4.78 is 5.52. The van der Waals surface area contributed by atoms with Crippen molar-refractivity contribution in [3.63, 3.8) is 0 Å². The molecule has 194 valence electrons. The molecule has 1 aromatic rings. The van der Waals surface area contributed by atoms with E-state index in [-0.39, 0.29) is 66.8 Å². The number of hydrogen-bond donors (Lipinski definition) is 0. The van der Waals surface area contributed by atoms with Gasteiger partial charge in [0.2, 0.25) is 0 Å². The van der Waals surface area contributed by atoms with Gasteiger partial charge in [0.1, 0.15) is 0 Å². The summed E-state index contributed by atoms with van der Waals surface area (Å²) in [6, 6.07) is 9.85. The Labute approximate surface area is 240 Å². The minimum Gasteiger partial charge on any atom is -0.482 e. The van der Waals surface area contributed by atoms with E-state index in [0.29, 0.717) is 19.0 Å². The molecule has 3 fully saturated rings. The Bertz CT molecular complexity index is 934. The van der Waals surface area contributed by atoms with Crippen molar-refractivity contribution in [2.75, 3.05) is 33.7 Å². The van der Waals surface area contributed by atoms with Gasteiger partial charge in [0.05, 0.1) is 0 Å². The van der Waals surface area contributed by atoms with Crippen LogP contribution in [-0.4, -0.2) is 89.7 Å². The molecule has 4 aliphatic rings. The minimum atomic E-state index is -0.379. The molecule has 5 rings (SSSR count). The third-order valence-corrected chi connectivity index (χ3v) is 8.88. The maximum Gasteiger partial charge on any atom is 2.00 e. The molecule has 0 aromatic heterocycles. The fourth-order valence-electron chi connectivity index (χ4n) is 7.06. The zero-order chi connectivity index (χ0) is 24.7. The van der Waals surface area contributed by atoms with E-state index < -0.39 is 0 Å². The molecule has 0 radical (unpaired) electrons. The van der Waals surface area contributed by atoms with Gasteiger partial charge in [-0.15, -0.1) is 0 Å². The maximum atomic E-state index is 12.9. The number of nitrogens with zero attached hydrogens (tertiary/aromatic N) is 4. The van der Waals surface area contributed by atoms with Gasteiger partial charge in [0, 0.05) is 50.7 Å². The molecule has 8 heteroatoms. The monoisotopic (exact) mass is 718 g/mol. The third kappa shape index (κ3) is 5.20. The summed E-state index contributed by atoms with van der Waals surface area (Å²) in [5, 5.41) is 0. The molecule has 2 bridgehead atoms. The first-order chi connectivity index (χ1) is 16.8. The van der Waals surface area contributed by atoms with E-state index in [4.69, 9.17) is 4.74 Å². The molecule has 0 N–H and O–H groups in total. The average molecular weight is 719 g/mol. The van der Waals surface area contributed by atoms with Crippen LogP contribution in [-0.2, 0) is 16.7 Å². The van der Waals surface area contributed by atoms with Crippen LogP contribution in [0.25, 0.3) is 0 Å². The minimum absolute atomic E-state index is 0. The molecule has 7 nitrogen and oxygen atoms in total. The second kappa shape index (κ2) is 11.3. The summed E-state index contributed by atoms with van der Waals surface area (Å²) >= 11 is 0. The number of carbonyl (C=O) groups is 2. The smallest absolute Gasteiger partial charge is 0.482 e. The Hall–Kier alpha value is -1.23. The van der Waals surface area contributed by atoms with Crippen LogP contribution in [0.4, 0.5) is 9.59 Å². The topological polar surface area (TPSA) is 56.3 Å². The number of urea groups is 1. The predicted molar refractivity (Wildman–Crippen MR) is 136 cm³/mol. The maximum absolute atomic E-state index is 12.9. The Morgan fingerprint density at radius 2 is 1.75 bits per heavy atom. The van der Waals surface area contributed by atoms with Gasteiger partial charge >= 0.3 is 43.2 Å². The molecule has 3 atom stereocenters. The van der Waals surface area contributed by atoms with Crippen molar-refractivity contribution in [1.29, 1.82) is 0 Å². The van der Waals surface area contributed by atoms with E-state index in [1.807, 2.05) is 23.9 Å². The van der Waals surface area contributed by atoms with Gasteiger partial charge in [-0.05, 0) is 68.8 Å². The number of rotatable bonds is 3. The standard InChI is InChI=1S/C28H40N4O3.U/c1-5-20(2)35-27(34)32-22-10-11-23(32)17-24(16-22)30-14-12-28(13-15-30)19-31(26(33)29(3)4)18-21-8-6-7-9-25(21)28;/h6-9,20,22-24H,1-2,5,10-19H2,3-4H3;/q-2;+2/t20-,22?,23?,24?;/m0./s1. The fraction of sp³-hybridized carbons (Fsp3) is 0.643. The van der Waals surface area contributed by atoms with Gasteiger partial charge in [-0.25, -0.2) is 9.59 Å². The van der Waals surface area contributed by atoms with E-state index in [9.17, 15) is 9.59 Å². The largest absolute Gasteiger partial charge is 2.00 e. The molecule has 2 unspecified atom stereocenters. The number of ether oxygens (including phenoxy) is 1. The van der Waals surface area contributed by atoms with Gasteiger partial charge in [-0.3, -0.25) is 0 Å². The van der Waals surface area contributed by atoms with Crippen molar-refractivity contribution in [3.8, 4) is 0 Å². The van der Waals surface area contributed by atoms with Crippen molar-refractivity contribution >= 4 is 12.1 Å². The zero-order valence-electron chi connectivity index (χ0n) is 21.8. The Morgan fingerprint density at radius 1 is 1.11 bits per heavy atom. The molecule has 0 saturated carbocycles. The number of amides is 3. The van der Waals surface area contributed by atoms with Gasteiger partial charge in [-0.1, -0.05) is 24.3 Å². The molecule has 36 heavy (non-hydrogen) atoms. The normalized spacial score (nSPS) is 27.7. The number of fused-ring (bicyclic) bond motifs is 4. The first-order valence-electron chi connectivity index (χ1n) is 13.2. The molecule has 3 saturated heterocycles. The van der Waals surface area contributed by atoms with Crippen LogP contribution in [0.15, 0.2) is 24.3 Å². The van der Waals surface area contributed by atoms with Crippen molar-refractivity contribution in [3.05, 3.63) is 49.2 Å². The zero-order valence-corrected chi connectivity index (χ0v) is 26.0. The van der Waals surface area contributed by atoms with Gasteiger partial charge in [0.15, 0.2) is 0 Å². The summed E-state index contributed by atoms with van der Waals surface area (Å²) in [5.74, 6) is 0. The van der Waals surface area contributed by atoms with Gasteiger partial charge < -0.3 is 38.2 Å². The summed E-state index contributed by atoms with van der Waals surface area (Å²) in [4.78, 5) is 34.0. The van der Waals surface area contributed by atoms with Crippen molar-refractivity contribution in [2.45, 2.75) is 81.1 Å². The van der Waals surface area contributed by atoms with Crippen LogP contribution in [0.5, 0.6) is 0 Å². The van der Waals surface area contributed by atoms with Crippen molar-refractivity contribution < 1.29 is 45.4 Å². The molecular weight excluding hydrogens is 678 g/mol. The van der Waals surface area contributed by atoms with Crippen LogP contribution in [0.3, 0.4) is 0 Å². The molecule has 4 aliphatic heterocycles. The molecule has 3 amide bonds. The van der Waals surface area contributed by atoms with Crippen molar-refractivity contribution in [1.82, 2.24) is 19.6 Å². The number of hydrogen-bond acceptors (Lipinski definition) is 4. The van der Waals surface area contributed by atoms with Crippen LogP contribution >= 0.6 is 0 Å². The van der Waals surface area contributed by atoms with Gasteiger partial charge in [0.25, 0.3) is 0 Å². The number of likely N-dealkylation sites (tertiary alicyclic amines) is 1. The fourth-order valence-corrected chi connectivity index (χ4v) is 7.06. The SMILES string of the molecule is [CH2-]C[C@H]([CH2-])OC(=O)N1C2CCC1CC(N1CCC3(CC1)CN(C(=O)N(C)C)Cc1ccccc13)C2.[U+2]. The summed E-state index contributed by atoms with van der Waals surface area (Å²) in [6.45, 7) is 11.2. The Morgan fingerprint density at radius 3 is 2.36 bits per heavy atom. The van der Waals surface area contributed by atoms with E-state index in [1.54, 1.807) is 4.90 Å². The molecule has 1 spiro atoms. The van der Waals surface area contributed by atoms with Crippen LogP contribution < -0.4 is 0 Å². The first kappa shape index (κ1) is 27.8. The van der Waals surface area contributed by atoms with Crippen LogP contribution in [0.1, 0.15) is 56.1 Å². The third-order valence-electron chi connectivity index (χ3n) is 8.88. The van der Waals surface area contributed by atoms with Crippen LogP contribution in [0.2, 0.25) is 0 Å². The number of piperidine rings is 2. The van der Waals surface area contributed by atoms with E-state index in [2.05, 4.69) is 43.0 Å². The second-order valence-electron chi connectivity index (χ2n) is 11.2. The molecule has 0 aliphatic carbocycles. The first-order valence-corrected chi connectivity index (χ1v) is 13.2. The van der Waals surface area contributed by atoms with E-state index in [1.165, 1.54) is 11.1 Å². The number of carbonyl (C=O) groups excluding carboxylic acids is 2. The Kier molecular flexibility index (Phi) is 8.69. The summed E-state index contributed by atoms with van der Waals surface area (Å²) in [6.07, 6.45) is 6.20. The number of benzene rings is 1. The van der Waals surface area contributed by atoms with Gasteiger partial charge in [-0.2, -0.15) is 6.42 Å². The van der Waals surface area contributed by atoms with E-state index >= 15 is 0 Å².